The van der Waals surface area contributed by atoms with Gasteiger partial charge in [-0.3, -0.25) is 9.59 Å². The molecule has 0 aliphatic heterocycles. The second-order valence-electron chi connectivity index (χ2n) is 5.68. The van der Waals surface area contributed by atoms with E-state index >= 15 is 0 Å². The van der Waals surface area contributed by atoms with Gasteiger partial charge in [0.2, 0.25) is 0 Å². The first kappa shape index (κ1) is 19.8. The molecule has 7 nitrogen and oxygen atoms in total. The van der Waals surface area contributed by atoms with Crippen molar-refractivity contribution in [3.8, 4) is 17.6 Å². The zero-order valence-corrected chi connectivity index (χ0v) is 15.3. The Labute approximate surface area is 157 Å². The van der Waals surface area contributed by atoms with Gasteiger partial charge in [-0.05, 0) is 42.8 Å². The summed E-state index contributed by atoms with van der Waals surface area (Å²) in [5, 5.41) is 11.5. The summed E-state index contributed by atoms with van der Waals surface area (Å²) >= 11 is 0. The van der Waals surface area contributed by atoms with Crippen LogP contribution >= 0.6 is 0 Å². The average molecular weight is 368 g/mol. The van der Waals surface area contributed by atoms with Gasteiger partial charge in [-0.1, -0.05) is 12.1 Å². The number of hydrogen-bond donors (Lipinski definition) is 1. The van der Waals surface area contributed by atoms with Crippen LogP contribution in [-0.2, 0) is 20.7 Å². The number of ether oxygens (including phenoxy) is 3. The van der Waals surface area contributed by atoms with Crippen LogP contribution in [0.5, 0.6) is 11.5 Å². The predicted octanol–water partition coefficient (Wildman–Crippen LogP) is 2.69. The van der Waals surface area contributed by atoms with E-state index in [9.17, 15) is 9.59 Å². The van der Waals surface area contributed by atoms with Gasteiger partial charge < -0.3 is 19.5 Å². The number of benzene rings is 2. The van der Waals surface area contributed by atoms with E-state index in [0.29, 0.717) is 28.3 Å². The van der Waals surface area contributed by atoms with Crippen LogP contribution in [0.1, 0.15) is 18.1 Å². The van der Waals surface area contributed by atoms with Crippen LogP contribution < -0.4 is 14.8 Å². The van der Waals surface area contributed by atoms with E-state index in [2.05, 4.69) is 5.32 Å². The molecule has 1 amide bonds. The molecule has 0 aliphatic carbocycles. The molecular formula is C20H20N2O5. The maximum absolute atomic E-state index is 12.2. The molecule has 0 saturated heterocycles. The van der Waals surface area contributed by atoms with Crippen LogP contribution in [0.4, 0.5) is 5.69 Å². The first-order valence-electron chi connectivity index (χ1n) is 8.18. The van der Waals surface area contributed by atoms with Gasteiger partial charge in [0.1, 0.15) is 0 Å². The van der Waals surface area contributed by atoms with Gasteiger partial charge in [-0.25, -0.2) is 0 Å². The Balaban J connectivity index is 1.94. The molecule has 7 heteroatoms. The molecule has 1 N–H and O–H groups in total. The Morgan fingerprint density at radius 1 is 1.11 bits per heavy atom. The summed E-state index contributed by atoms with van der Waals surface area (Å²) in [4.78, 5) is 24.3. The van der Waals surface area contributed by atoms with Gasteiger partial charge in [0.05, 0.1) is 32.3 Å². The van der Waals surface area contributed by atoms with Crippen molar-refractivity contribution < 1.29 is 23.8 Å². The first-order valence-corrected chi connectivity index (χ1v) is 8.18. The molecule has 0 fully saturated rings. The van der Waals surface area contributed by atoms with Crippen LogP contribution in [0.15, 0.2) is 42.5 Å². The summed E-state index contributed by atoms with van der Waals surface area (Å²) in [5.41, 5.74) is 1.56. The normalized spacial score (nSPS) is 11.0. The fourth-order valence-electron chi connectivity index (χ4n) is 2.36. The molecule has 2 aromatic carbocycles. The number of hydrogen-bond acceptors (Lipinski definition) is 6. The lowest BCUT2D eigenvalue weighted by Gasteiger charge is -2.14. The number of amides is 1. The number of anilines is 1. The Bertz CT molecular complexity index is 873. The third-order valence-corrected chi connectivity index (χ3v) is 3.73. The van der Waals surface area contributed by atoms with Crippen molar-refractivity contribution in [2.24, 2.45) is 0 Å². The molecule has 0 spiro atoms. The Morgan fingerprint density at radius 2 is 1.85 bits per heavy atom. The van der Waals surface area contributed by atoms with Gasteiger partial charge in [-0.15, -0.1) is 0 Å². The number of rotatable bonds is 7. The molecule has 2 rings (SSSR count). The summed E-state index contributed by atoms with van der Waals surface area (Å²) in [6.45, 7) is 1.48. The Kier molecular flexibility index (Phi) is 6.78. The molecule has 27 heavy (non-hydrogen) atoms. The highest BCUT2D eigenvalue weighted by molar-refractivity contribution is 5.95. The summed E-state index contributed by atoms with van der Waals surface area (Å²) in [6.07, 6.45) is -0.995. The Morgan fingerprint density at radius 3 is 2.52 bits per heavy atom. The predicted molar refractivity (Wildman–Crippen MR) is 98.6 cm³/mol. The van der Waals surface area contributed by atoms with Crippen molar-refractivity contribution in [1.82, 2.24) is 0 Å². The molecule has 0 bridgehead atoms. The lowest BCUT2D eigenvalue weighted by molar-refractivity contribution is -0.152. The van der Waals surface area contributed by atoms with Gasteiger partial charge in [0.25, 0.3) is 5.91 Å². The minimum absolute atomic E-state index is 0.0120. The lowest BCUT2D eigenvalue weighted by atomic mass is 10.1. The fraction of sp³-hybridized carbons (Fsp3) is 0.250. The highest BCUT2D eigenvalue weighted by Crippen LogP contribution is 2.27. The van der Waals surface area contributed by atoms with Crippen molar-refractivity contribution in [3.63, 3.8) is 0 Å². The summed E-state index contributed by atoms with van der Waals surface area (Å²) in [6, 6.07) is 13.6. The summed E-state index contributed by atoms with van der Waals surface area (Å²) < 4.78 is 15.5. The third-order valence-electron chi connectivity index (χ3n) is 3.73. The molecule has 140 valence electrons. The summed E-state index contributed by atoms with van der Waals surface area (Å²) in [7, 11) is 3.03. The van der Waals surface area contributed by atoms with Gasteiger partial charge in [0.15, 0.2) is 17.6 Å². The van der Waals surface area contributed by atoms with Gasteiger partial charge in [0, 0.05) is 5.69 Å². The zero-order chi connectivity index (χ0) is 19.8. The fourth-order valence-corrected chi connectivity index (χ4v) is 2.36. The molecule has 0 heterocycles. The number of esters is 1. The highest BCUT2D eigenvalue weighted by atomic mass is 16.5. The molecule has 0 aromatic heterocycles. The second kappa shape index (κ2) is 9.25. The molecule has 0 radical (unpaired) electrons. The SMILES string of the molecule is COc1ccc(CC(=O)OC(C)C(=O)Nc2cccc(C#N)c2)cc1OC. The number of carbonyl (C=O) groups excluding carboxylic acids is 2. The number of carbonyl (C=O) groups is 2. The third kappa shape index (κ3) is 5.47. The van der Waals surface area contributed by atoms with Crippen molar-refractivity contribution in [2.75, 3.05) is 19.5 Å². The van der Waals surface area contributed by atoms with Gasteiger partial charge in [-0.2, -0.15) is 5.26 Å². The quantitative estimate of drug-likeness (QED) is 0.755. The molecule has 1 unspecified atom stereocenters. The van der Waals surface area contributed by atoms with Crippen molar-refractivity contribution in [3.05, 3.63) is 53.6 Å². The smallest absolute Gasteiger partial charge is 0.311 e. The highest BCUT2D eigenvalue weighted by Gasteiger charge is 2.19. The van der Waals surface area contributed by atoms with E-state index < -0.39 is 18.0 Å². The average Bonchev–Trinajstić information content (AvgIpc) is 2.67. The van der Waals surface area contributed by atoms with Crippen LogP contribution in [0.25, 0.3) is 0 Å². The van der Waals surface area contributed by atoms with E-state index in [1.807, 2.05) is 6.07 Å². The minimum Gasteiger partial charge on any atom is -0.493 e. The van der Waals surface area contributed by atoms with E-state index in [0.717, 1.165) is 0 Å². The topological polar surface area (TPSA) is 97.6 Å². The van der Waals surface area contributed by atoms with Crippen LogP contribution in [0.2, 0.25) is 0 Å². The first-order chi connectivity index (χ1) is 13.0. The van der Waals surface area contributed by atoms with Crippen LogP contribution in [0.3, 0.4) is 0 Å². The van der Waals surface area contributed by atoms with Gasteiger partial charge >= 0.3 is 5.97 Å². The number of nitriles is 1. The number of nitrogens with zero attached hydrogens (tertiary/aromatic N) is 1. The number of nitrogens with one attached hydrogen (secondary N) is 1. The van der Waals surface area contributed by atoms with Crippen molar-refractivity contribution >= 4 is 17.6 Å². The second-order valence-corrected chi connectivity index (χ2v) is 5.68. The minimum atomic E-state index is -0.983. The van der Waals surface area contributed by atoms with Crippen LogP contribution in [0, 0.1) is 11.3 Å². The molecule has 0 aliphatic rings. The lowest BCUT2D eigenvalue weighted by Crippen LogP contribution is -2.30. The molecule has 0 saturated carbocycles. The summed E-state index contributed by atoms with van der Waals surface area (Å²) in [5.74, 6) is 0.0364. The van der Waals surface area contributed by atoms with E-state index in [-0.39, 0.29) is 6.42 Å². The standard InChI is InChI=1S/C20H20N2O5/c1-13(20(24)22-16-6-4-5-15(9-16)12-21)27-19(23)11-14-7-8-17(25-2)18(10-14)26-3/h4-10,13H,11H2,1-3H3,(H,22,24). The monoisotopic (exact) mass is 368 g/mol. The Hall–Kier alpha value is -3.53. The molecule has 2 aromatic rings. The maximum Gasteiger partial charge on any atom is 0.311 e. The number of methoxy groups -OCH3 is 2. The van der Waals surface area contributed by atoms with Crippen molar-refractivity contribution in [2.45, 2.75) is 19.4 Å². The van der Waals surface area contributed by atoms with E-state index in [1.54, 1.807) is 36.4 Å². The van der Waals surface area contributed by atoms with Crippen LogP contribution in [-0.4, -0.2) is 32.2 Å². The van der Waals surface area contributed by atoms with Crippen molar-refractivity contribution in [1.29, 1.82) is 5.26 Å². The molecule has 1 atom stereocenters. The maximum atomic E-state index is 12.2. The van der Waals surface area contributed by atoms with E-state index in [4.69, 9.17) is 19.5 Å². The van der Waals surface area contributed by atoms with E-state index in [1.165, 1.54) is 27.2 Å². The zero-order valence-electron chi connectivity index (χ0n) is 15.3. The molecular weight excluding hydrogens is 348 g/mol. The largest absolute Gasteiger partial charge is 0.493 e.